The molecule has 2 amide bonds. The summed E-state index contributed by atoms with van der Waals surface area (Å²) in [6, 6.07) is -1.17. The van der Waals surface area contributed by atoms with Gasteiger partial charge in [-0.1, -0.05) is 0 Å². The van der Waals surface area contributed by atoms with Gasteiger partial charge in [-0.25, -0.2) is 9.59 Å². The average molecular weight is 292 g/mol. The zero-order chi connectivity index (χ0) is 14.8. The molecular weight excluding hydrogens is 268 g/mol. The fourth-order valence-corrected chi connectivity index (χ4v) is 2.20. The van der Waals surface area contributed by atoms with Gasteiger partial charge in [0.25, 0.3) is 0 Å². The molecule has 0 saturated heterocycles. The van der Waals surface area contributed by atoms with Crippen LogP contribution in [0.1, 0.15) is 19.8 Å². The van der Waals surface area contributed by atoms with E-state index in [1.807, 2.05) is 13.2 Å². The molecule has 0 aromatic heterocycles. The van der Waals surface area contributed by atoms with Crippen molar-refractivity contribution in [2.24, 2.45) is 0 Å². The number of rotatable bonds is 9. The molecule has 0 bridgehead atoms. The summed E-state index contributed by atoms with van der Waals surface area (Å²) < 4.78 is 4.88. The third-order valence-corrected chi connectivity index (χ3v) is 3.64. The molecular formula is C12H24N2O4S. The van der Waals surface area contributed by atoms with E-state index in [9.17, 15) is 9.59 Å². The predicted octanol–water partition coefficient (Wildman–Crippen LogP) is 1.26. The molecule has 2 atom stereocenters. The Morgan fingerprint density at radius 1 is 1.47 bits per heavy atom. The third-order valence-electron chi connectivity index (χ3n) is 2.83. The van der Waals surface area contributed by atoms with Crippen LogP contribution < -0.4 is 5.32 Å². The van der Waals surface area contributed by atoms with Gasteiger partial charge in [-0.15, -0.1) is 0 Å². The molecule has 0 aliphatic carbocycles. The molecule has 112 valence electrons. The van der Waals surface area contributed by atoms with Crippen LogP contribution in [0, 0.1) is 0 Å². The highest BCUT2D eigenvalue weighted by Crippen LogP contribution is 2.05. The number of urea groups is 1. The molecule has 2 unspecified atom stereocenters. The van der Waals surface area contributed by atoms with Crippen LogP contribution in [0.4, 0.5) is 4.79 Å². The van der Waals surface area contributed by atoms with Gasteiger partial charge < -0.3 is 20.1 Å². The quantitative estimate of drug-likeness (QED) is 0.625. The minimum absolute atomic E-state index is 0.0587. The van der Waals surface area contributed by atoms with Crippen molar-refractivity contribution in [3.8, 4) is 0 Å². The summed E-state index contributed by atoms with van der Waals surface area (Å²) in [6.07, 6.45) is 2.92. The number of ether oxygens (including phenoxy) is 1. The number of carbonyl (C=O) groups excluding carboxylic acids is 1. The first kappa shape index (κ1) is 18.0. The van der Waals surface area contributed by atoms with Crippen LogP contribution in [0.3, 0.4) is 0 Å². The molecule has 0 spiro atoms. The molecule has 0 saturated carbocycles. The highest BCUT2D eigenvalue weighted by atomic mass is 32.2. The normalized spacial score (nSPS) is 13.7. The minimum atomic E-state index is -1.02. The summed E-state index contributed by atoms with van der Waals surface area (Å²) in [6.45, 7) is 2.41. The maximum Gasteiger partial charge on any atom is 0.326 e. The summed E-state index contributed by atoms with van der Waals surface area (Å²) in [7, 11) is 3.23. The Bertz CT molecular complexity index is 289. The monoisotopic (exact) mass is 292 g/mol. The van der Waals surface area contributed by atoms with Gasteiger partial charge >= 0.3 is 12.0 Å². The molecule has 0 aliphatic rings. The number of nitrogens with zero attached hydrogens (tertiary/aromatic N) is 1. The molecule has 0 rings (SSSR count). The second kappa shape index (κ2) is 9.91. The number of thioether (sulfide) groups is 1. The standard InChI is InChI=1S/C12H24N2O4S/c1-9(8-19-4)14(2)12(17)13-10(11(15)16)6-5-7-18-3/h9-10H,5-8H2,1-4H3,(H,13,17)(H,15,16). The van der Waals surface area contributed by atoms with Gasteiger partial charge in [-0.3, -0.25) is 0 Å². The number of nitrogens with one attached hydrogen (secondary N) is 1. The van der Waals surface area contributed by atoms with E-state index in [1.165, 1.54) is 4.90 Å². The van der Waals surface area contributed by atoms with Crippen molar-refractivity contribution in [2.45, 2.75) is 31.8 Å². The van der Waals surface area contributed by atoms with Crippen LogP contribution in [-0.4, -0.2) is 66.9 Å². The van der Waals surface area contributed by atoms with Crippen LogP contribution in [-0.2, 0) is 9.53 Å². The lowest BCUT2D eigenvalue weighted by atomic mass is 10.1. The fourth-order valence-electron chi connectivity index (χ4n) is 1.49. The Labute approximate surface area is 118 Å². The van der Waals surface area contributed by atoms with Crippen LogP contribution in [0.2, 0.25) is 0 Å². The zero-order valence-electron chi connectivity index (χ0n) is 12.0. The van der Waals surface area contributed by atoms with E-state index in [1.54, 1.807) is 25.9 Å². The summed E-state index contributed by atoms with van der Waals surface area (Å²) in [5, 5.41) is 11.6. The summed E-state index contributed by atoms with van der Waals surface area (Å²) in [5.41, 5.74) is 0. The Hall–Kier alpha value is -0.950. The van der Waals surface area contributed by atoms with E-state index in [2.05, 4.69) is 5.32 Å². The summed E-state index contributed by atoms with van der Waals surface area (Å²) in [5.74, 6) is -0.207. The number of carboxylic acid groups (broad SMARTS) is 1. The molecule has 7 heteroatoms. The van der Waals surface area contributed by atoms with Crippen molar-refractivity contribution >= 4 is 23.8 Å². The number of amides is 2. The van der Waals surface area contributed by atoms with Crippen LogP contribution >= 0.6 is 11.8 Å². The van der Waals surface area contributed by atoms with Gasteiger partial charge in [-0.2, -0.15) is 11.8 Å². The fraction of sp³-hybridized carbons (Fsp3) is 0.833. The Morgan fingerprint density at radius 2 is 2.11 bits per heavy atom. The molecule has 0 heterocycles. The number of hydrogen-bond donors (Lipinski definition) is 2. The molecule has 0 aromatic carbocycles. The highest BCUT2D eigenvalue weighted by Gasteiger charge is 2.23. The van der Waals surface area contributed by atoms with E-state index in [0.29, 0.717) is 19.4 Å². The van der Waals surface area contributed by atoms with Crippen molar-refractivity contribution in [1.82, 2.24) is 10.2 Å². The van der Waals surface area contributed by atoms with Gasteiger partial charge in [0.15, 0.2) is 0 Å². The topological polar surface area (TPSA) is 78.9 Å². The lowest BCUT2D eigenvalue weighted by molar-refractivity contribution is -0.139. The predicted molar refractivity (Wildman–Crippen MR) is 76.7 cm³/mol. The molecule has 2 N–H and O–H groups in total. The van der Waals surface area contributed by atoms with Gasteiger partial charge in [0, 0.05) is 32.6 Å². The molecule has 0 fully saturated rings. The van der Waals surface area contributed by atoms with E-state index in [4.69, 9.17) is 9.84 Å². The largest absolute Gasteiger partial charge is 0.480 e. The van der Waals surface area contributed by atoms with Crippen LogP contribution in [0.15, 0.2) is 0 Å². The zero-order valence-corrected chi connectivity index (χ0v) is 12.8. The number of hydrogen-bond acceptors (Lipinski definition) is 4. The van der Waals surface area contributed by atoms with Gasteiger partial charge in [-0.05, 0) is 26.0 Å². The third kappa shape index (κ3) is 7.27. The Morgan fingerprint density at radius 3 is 2.58 bits per heavy atom. The number of carboxylic acids is 1. The average Bonchev–Trinajstić information content (AvgIpc) is 2.36. The van der Waals surface area contributed by atoms with Gasteiger partial charge in [0.2, 0.25) is 0 Å². The number of aliphatic carboxylic acids is 1. The van der Waals surface area contributed by atoms with Crippen molar-refractivity contribution in [3.05, 3.63) is 0 Å². The minimum Gasteiger partial charge on any atom is -0.480 e. The molecule has 19 heavy (non-hydrogen) atoms. The van der Waals surface area contributed by atoms with Crippen molar-refractivity contribution in [1.29, 1.82) is 0 Å². The smallest absolute Gasteiger partial charge is 0.326 e. The number of methoxy groups -OCH3 is 1. The SMILES string of the molecule is COCCCC(NC(=O)N(C)C(C)CSC)C(=O)O. The van der Waals surface area contributed by atoms with E-state index < -0.39 is 12.0 Å². The first-order chi connectivity index (χ1) is 8.93. The number of carbonyl (C=O) groups is 2. The lowest BCUT2D eigenvalue weighted by Gasteiger charge is -2.26. The highest BCUT2D eigenvalue weighted by molar-refractivity contribution is 7.98. The lowest BCUT2D eigenvalue weighted by Crippen LogP contribution is -2.49. The molecule has 0 aromatic rings. The van der Waals surface area contributed by atoms with Gasteiger partial charge in [0.05, 0.1) is 0 Å². The maximum absolute atomic E-state index is 11.9. The van der Waals surface area contributed by atoms with Gasteiger partial charge in [0.1, 0.15) is 6.04 Å². The van der Waals surface area contributed by atoms with E-state index >= 15 is 0 Å². The first-order valence-electron chi connectivity index (χ1n) is 6.18. The van der Waals surface area contributed by atoms with E-state index in [-0.39, 0.29) is 12.1 Å². The Balaban J connectivity index is 4.33. The van der Waals surface area contributed by atoms with Crippen molar-refractivity contribution < 1.29 is 19.4 Å². The maximum atomic E-state index is 11.9. The molecule has 0 radical (unpaired) electrons. The second-order valence-corrected chi connectivity index (χ2v) is 5.30. The second-order valence-electron chi connectivity index (χ2n) is 4.39. The van der Waals surface area contributed by atoms with Crippen LogP contribution in [0.25, 0.3) is 0 Å². The molecule has 0 aliphatic heterocycles. The first-order valence-corrected chi connectivity index (χ1v) is 7.57. The van der Waals surface area contributed by atoms with Crippen molar-refractivity contribution in [3.63, 3.8) is 0 Å². The molecule has 6 nitrogen and oxygen atoms in total. The Kier molecular flexibility index (Phi) is 9.42. The van der Waals surface area contributed by atoms with Crippen molar-refractivity contribution in [2.75, 3.05) is 32.8 Å². The van der Waals surface area contributed by atoms with Crippen LogP contribution in [0.5, 0.6) is 0 Å². The summed E-state index contributed by atoms with van der Waals surface area (Å²) in [4.78, 5) is 24.5. The summed E-state index contributed by atoms with van der Waals surface area (Å²) >= 11 is 1.64. The van der Waals surface area contributed by atoms with E-state index in [0.717, 1.165) is 5.75 Å².